The number of carbonyl (C=O) groups is 2. The molecule has 98 valence electrons. The van der Waals surface area contributed by atoms with Crippen LogP contribution in [-0.2, 0) is 9.59 Å². The minimum Gasteiger partial charge on any atom is -0.481 e. The molecular formula is C12H22N2O3. The van der Waals surface area contributed by atoms with Gasteiger partial charge in [-0.2, -0.15) is 0 Å². The monoisotopic (exact) mass is 242 g/mol. The van der Waals surface area contributed by atoms with Crippen molar-refractivity contribution in [3.63, 3.8) is 0 Å². The van der Waals surface area contributed by atoms with Gasteiger partial charge in [0.1, 0.15) is 0 Å². The average Bonchev–Trinajstić information content (AvgIpc) is 2.13. The van der Waals surface area contributed by atoms with Gasteiger partial charge in [0.25, 0.3) is 0 Å². The lowest BCUT2D eigenvalue weighted by molar-refractivity contribution is -0.137. The first-order chi connectivity index (χ1) is 8.00. The zero-order valence-corrected chi connectivity index (χ0v) is 10.5. The second-order valence-electron chi connectivity index (χ2n) is 4.90. The fraction of sp³-hybridized carbons (Fsp3) is 0.833. The maximum absolute atomic E-state index is 11.8. The maximum Gasteiger partial charge on any atom is 0.303 e. The van der Waals surface area contributed by atoms with E-state index >= 15 is 0 Å². The molecule has 2 unspecified atom stereocenters. The number of nitrogens with one attached hydrogen (secondary N) is 2. The van der Waals surface area contributed by atoms with E-state index in [9.17, 15) is 9.59 Å². The van der Waals surface area contributed by atoms with Gasteiger partial charge in [-0.3, -0.25) is 9.59 Å². The number of aliphatic carboxylic acids is 1. The van der Waals surface area contributed by atoms with E-state index in [1.165, 1.54) is 0 Å². The zero-order valence-electron chi connectivity index (χ0n) is 10.5. The summed E-state index contributed by atoms with van der Waals surface area (Å²) in [5.41, 5.74) is 0. The van der Waals surface area contributed by atoms with Crippen LogP contribution in [0.5, 0.6) is 0 Å². The highest BCUT2D eigenvalue weighted by atomic mass is 16.4. The van der Waals surface area contributed by atoms with Crippen LogP contribution in [0.2, 0.25) is 0 Å². The van der Waals surface area contributed by atoms with Gasteiger partial charge in [0.05, 0.1) is 0 Å². The van der Waals surface area contributed by atoms with Crippen molar-refractivity contribution in [1.82, 2.24) is 10.6 Å². The van der Waals surface area contributed by atoms with Crippen LogP contribution in [0.15, 0.2) is 0 Å². The number of amides is 1. The van der Waals surface area contributed by atoms with E-state index in [4.69, 9.17) is 5.11 Å². The first-order valence-corrected chi connectivity index (χ1v) is 6.23. The molecule has 0 saturated carbocycles. The summed E-state index contributed by atoms with van der Waals surface area (Å²) in [7, 11) is 0. The molecule has 5 nitrogen and oxygen atoms in total. The third kappa shape index (κ3) is 4.73. The van der Waals surface area contributed by atoms with Crippen molar-refractivity contribution in [3.05, 3.63) is 0 Å². The summed E-state index contributed by atoms with van der Waals surface area (Å²) in [5.74, 6) is -0.212. The highest BCUT2D eigenvalue weighted by molar-refractivity contribution is 5.79. The molecule has 0 aliphatic carbocycles. The molecule has 1 saturated heterocycles. The standard InChI is InChI=1S/C12H22N2O3/c1-8(4-3-5-11(15)16)14-12(17)9(2)10-6-13-7-10/h8-10,13H,3-7H2,1-2H3,(H,14,17)(H,15,16). The second-order valence-corrected chi connectivity index (χ2v) is 4.90. The largest absolute Gasteiger partial charge is 0.481 e. The predicted octanol–water partition coefficient (Wildman–Crippen LogP) is 0.602. The smallest absolute Gasteiger partial charge is 0.303 e. The zero-order chi connectivity index (χ0) is 12.8. The van der Waals surface area contributed by atoms with Crippen molar-refractivity contribution in [1.29, 1.82) is 0 Å². The molecule has 3 N–H and O–H groups in total. The van der Waals surface area contributed by atoms with Gasteiger partial charge in [-0.15, -0.1) is 0 Å². The van der Waals surface area contributed by atoms with E-state index in [0.717, 1.165) is 13.1 Å². The van der Waals surface area contributed by atoms with Gasteiger partial charge in [0.15, 0.2) is 0 Å². The lowest BCUT2D eigenvalue weighted by Gasteiger charge is -2.32. The minimum absolute atomic E-state index is 0.0400. The van der Waals surface area contributed by atoms with E-state index < -0.39 is 5.97 Å². The van der Waals surface area contributed by atoms with Gasteiger partial charge in [-0.1, -0.05) is 6.92 Å². The van der Waals surface area contributed by atoms with E-state index in [2.05, 4.69) is 10.6 Å². The van der Waals surface area contributed by atoms with Gasteiger partial charge in [-0.25, -0.2) is 0 Å². The van der Waals surface area contributed by atoms with Gasteiger partial charge in [-0.05, 0) is 38.8 Å². The summed E-state index contributed by atoms with van der Waals surface area (Å²) in [6, 6.07) is 0.0531. The molecule has 0 aromatic rings. The van der Waals surface area contributed by atoms with Crippen molar-refractivity contribution in [2.24, 2.45) is 11.8 Å². The third-order valence-corrected chi connectivity index (χ3v) is 3.35. The summed E-state index contributed by atoms with van der Waals surface area (Å²) in [4.78, 5) is 22.2. The molecule has 1 aliphatic heterocycles. The fourth-order valence-corrected chi connectivity index (χ4v) is 1.88. The molecule has 0 aromatic heterocycles. The molecule has 1 amide bonds. The molecule has 0 radical (unpaired) electrons. The highest BCUT2D eigenvalue weighted by Crippen LogP contribution is 2.16. The number of hydrogen-bond donors (Lipinski definition) is 3. The summed E-state index contributed by atoms with van der Waals surface area (Å²) in [5, 5.41) is 14.6. The van der Waals surface area contributed by atoms with Crippen LogP contribution in [0, 0.1) is 11.8 Å². The fourth-order valence-electron chi connectivity index (χ4n) is 1.88. The molecule has 1 aliphatic rings. The molecule has 2 atom stereocenters. The van der Waals surface area contributed by atoms with Crippen LogP contribution in [0.4, 0.5) is 0 Å². The van der Waals surface area contributed by atoms with E-state index in [0.29, 0.717) is 18.8 Å². The Hall–Kier alpha value is -1.10. The molecule has 17 heavy (non-hydrogen) atoms. The Balaban J connectivity index is 2.17. The van der Waals surface area contributed by atoms with Crippen molar-refractivity contribution in [3.8, 4) is 0 Å². The Kier molecular flexibility index (Phi) is 5.41. The van der Waals surface area contributed by atoms with Gasteiger partial charge >= 0.3 is 5.97 Å². The second kappa shape index (κ2) is 6.59. The molecule has 0 aromatic carbocycles. The predicted molar refractivity (Wildman–Crippen MR) is 64.6 cm³/mol. The molecule has 5 heteroatoms. The van der Waals surface area contributed by atoms with Crippen molar-refractivity contribution in [2.45, 2.75) is 39.2 Å². The first-order valence-electron chi connectivity index (χ1n) is 6.23. The maximum atomic E-state index is 11.8. The lowest BCUT2D eigenvalue weighted by atomic mass is 9.88. The molecule has 1 heterocycles. The Morgan fingerprint density at radius 1 is 1.41 bits per heavy atom. The van der Waals surface area contributed by atoms with Crippen molar-refractivity contribution in [2.75, 3.05) is 13.1 Å². The molecule has 1 fully saturated rings. The average molecular weight is 242 g/mol. The minimum atomic E-state index is -0.780. The third-order valence-electron chi connectivity index (χ3n) is 3.35. The van der Waals surface area contributed by atoms with Crippen LogP contribution < -0.4 is 10.6 Å². The van der Waals surface area contributed by atoms with E-state index in [1.54, 1.807) is 0 Å². The van der Waals surface area contributed by atoms with Crippen LogP contribution in [0.1, 0.15) is 33.1 Å². The quantitative estimate of drug-likeness (QED) is 0.611. The molecule has 1 rings (SSSR count). The Morgan fingerprint density at radius 3 is 2.53 bits per heavy atom. The van der Waals surface area contributed by atoms with Crippen molar-refractivity contribution < 1.29 is 14.7 Å². The topological polar surface area (TPSA) is 78.4 Å². The van der Waals surface area contributed by atoms with Crippen molar-refractivity contribution >= 4 is 11.9 Å². The number of hydrogen-bond acceptors (Lipinski definition) is 3. The normalized spacial score (nSPS) is 19.2. The van der Waals surface area contributed by atoms with E-state index in [1.807, 2.05) is 13.8 Å². The first kappa shape index (κ1) is 14.0. The Labute approximate surface area is 102 Å². The van der Waals surface area contributed by atoms with Crippen LogP contribution in [0.25, 0.3) is 0 Å². The molecule has 0 spiro atoms. The summed E-state index contributed by atoms with van der Waals surface area (Å²) in [6.07, 6.45) is 1.49. The van der Waals surface area contributed by atoms with Gasteiger partial charge < -0.3 is 15.7 Å². The number of carboxylic acids is 1. The van der Waals surface area contributed by atoms with Crippen LogP contribution in [-0.4, -0.2) is 36.1 Å². The number of rotatable bonds is 7. The Bertz CT molecular complexity index is 277. The number of carbonyl (C=O) groups excluding carboxylic acids is 1. The molecular weight excluding hydrogens is 220 g/mol. The summed E-state index contributed by atoms with van der Waals surface area (Å²) < 4.78 is 0. The summed E-state index contributed by atoms with van der Waals surface area (Å²) in [6.45, 7) is 5.71. The van der Waals surface area contributed by atoms with Crippen LogP contribution >= 0.6 is 0 Å². The van der Waals surface area contributed by atoms with E-state index in [-0.39, 0.29) is 24.3 Å². The highest BCUT2D eigenvalue weighted by Gasteiger charge is 2.29. The van der Waals surface area contributed by atoms with Gasteiger partial charge in [0, 0.05) is 18.4 Å². The molecule has 0 bridgehead atoms. The number of carboxylic acid groups (broad SMARTS) is 1. The summed E-state index contributed by atoms with van der Waals surface area (Å²) >= 11 is 0. The lowest BCUT2D eigenvalue weighted by Crippen LogP contribution is -2.50. The van der Waals surface area contributed by atoms with Gasteiger partial charge in [0.2, 0.25) is 5.91 Å². The van der Waals surface area contributed by atoms with Crippen LogP contribution in [0.3, 0.4) is 0 Å². The SMILES string of the molecule is CC(CCCC(=O)O)NC(=O)C(C)C1CNC1. The Morgan fingerprint density at radius 2 is 2.06 bits per heavy atom.